The Balaban J connectivity index is 4.30. The van der Waals surface area contributed by atoms with Crippen LogP contribution >= 0.6 is 0 Å². The van der Waals surface area contributed by atoms with Gasteiger partial charge >= 0.3 is 17.9 Å². The van der Waals surface area contributed by atoms with E-state index in [4.69, 9.17) is 14.2 Å². The van der Waals surface area contributed by atoms with E-state index < -0.39 is 6.10 Å². The van der Waals surface area contributed by atoms with Gasteiger partial charge in [-0.1, -0.05) is 324 Å². The molecule has 6 heteroatoms. The molecule has 81 heavy (non-hydrogen) atoms. The summed E-state index contributed by atoms with van der Waals surface area (Å²) < 4.78 is 16.9. The van der Waals surface area contributed by atoms with Gasteiger partial charge in [0, 0.05) is 19.3 Å². The highest BCUT2D eigenvalue weighted by atomic mass is 16.6. The van der Waals surface area contributed by atoms with Gasteiger partial charge in [-0.2, -0.15) is 0 Å². The van der Waals surface area contributed by atoms with Crippen molar-refractivity contribution in [2.24, 2.45) is 0 Å². The molecule has 6 nitrogen and oxygen atoms in total. The summed E-state index contributed by atoms with van der Waals surface area (Å²) in [5, 5.41) is 0. The molecule has 0 amide bonds. The van der Waals surface area contributed by atoms with Crippen LogP contribution in [0.4, 0.5) is 0 Å². The molecule has 0 rings (SSSR count). The highest BCUT2D eigenvalue weighted by Crippen LogP contribution is 2.18. The van der Waals surface area contributed by atoms with E-state index >= 15 is 0 Å². The first kappa shape index (κ1) is 77.6. The highest BCUT2D eigenvalue weighted by molar-refractivity contribution is 5.71. The van der Waals surface area contributed by atoms with Gasteiger partial charge in [-0.15, -0.1) is 0 Å². The second-order valence-electron chi connectivity index (χ2n) is 23.4. The fraction of sp³-hybridized carbons (Fsp3) is 0.773. The maximum atomic E-state index is 12.9. The lowest BCUT2D eigenvalue weighted by atomic mass is 10.0. The fourth-order valence-corrected chi connectivity index (χ4v) is 10.2. The minimum Gasteiger partial charge on any atom is -0.462 e. The lowest BCUT2D eigenvalue weighted by Gasteiger charge is -2.18. The Bertz CT molecular complexity index is 1530. The van der Waals surface area contributed by atoms with Gasteiger partial charge in [0.25, 0.3) is 0 Å². The van der Waals surface area contributed by atoms with Crippen LogP contribution in [-0.4, -0.2) is 37.2 Å². The summed E-state index contributed by atoms with van der Waals surface area (Å²) in [5.41, 5.74) is 0. The van der Waals surface area contributed by atoms with E-state index in [0.717, 1.165) is 116 Å². The number of hydrogen-bond acceptors (Lipinski definition) is 6. The van der Waals surface area contributed by atoms with E-state index in [1.165, 1.54) is 199 Å². The standard InChI is InChI=1S/C75H132O6/c1-4-7-10-13-16-19-22-25-27-29-31-33-35-36-37-38-40-41-43-45-47-50-53-56-59-62-65-68-74(77)80-71-72(70-79-73(76)67-64-61-58-55-52-49-24-21-18-15-12-9-6-3)81-75(78)69-66-63-60-57-54-51-48-46-44-42-39-34-32-30-28-26-23-20-17-14-11-8-5-2/h8,11,17,20-21,24,26,28,32,34,42,44,48,51,72H,4-7,9-10,12-16,18-19,22-23,25,27,29-31,33,35-41,43,45-47,49-50,52-71H2,1-3H3/b11-8-,20-17-,24-21-,28-26-,34-32-,44-42-,51-48-. The molecule has 0 aliphatic heterocycles. The second-order valence-corrected chi connectivity index (χ2v) is 23.4. The zero-order chi connectivity index (χ0) is 58.5. The zero-order valence-electron chi connectivity index (χ0n) is 53.8. The van der Waals surface area contributed by atoms with Crippen molar-refractivity contribution in [3.8, 4) is 0 Å². The van der Waals surface area contributed by atoms with Crippen LogP contribution in [0.2, 0.25) is 0 Å². The molecule has 0 radical (unpaired) electrons. The van der Waals surface area contributed by atoms with Crippen LogP contribution in [0.15, 0.2) is 85.1 Å². The van der Waals surface area contributed by atoms with Gasteiger partial charge in [0.1, 0.15) is 13.2 Å². The Morgan fingerprint density at radius 3 is 0.778 bits per heavy atom. The molecule has 1 atom stereocenters. The molecule has 0 aromatic carbocycles. The molecule has 0 aliphatic carbocycles. The minimum atomic E-state index is -0.794. The van der Waals surface area contributed by atoms with E-state index in [-0.39, 0.29) is 31.1 Å². The molecule has 0 N–H and O–H groups in total. The summed E-state index contributed by atoms with van der Waals surface area (Å²) in [6.45, 7) is 6.53. The molecule has 0 aromatic rings. The van der Waals surface area contributed by atoms with Gasteiger partial charge in [-0.3, -0.25) is 14.4 Å². The topological polar surface area (TPSA) is 78.9 Å². The Kier molecular flexibility index (Phi) is 66.2. The van der Waals surface area contributed by atoms with E-state index in [9.17, 15) is 14.4 Å². The molecule has 0 spiro atoms. The van der Waals surface area contributed by atoms with E-state index in [1.807, 2.05) is 0 Å². The van der Waals surface area contributed by atoms with Crippen LogP contribution in [0.25, 0.3) is 0 Å². The van der Waals surface area contributed by atoms with Crippen LogP contribution < -0.4 is 0 Å². The molecule has 1 unspecified atom stereocenters. The van der Waals surface area contributed by atoms with Gasteiger partial charge in [0.15, 0.2) is 6.10 Å². The lowest BCUT2D eigenvalue weighted by Crippen LogP contribution is -2.30. The molecule has 0 heterocycles. The van der Waals surface area contributed by atoms with Crippen molar-refractivity contribution in [2.45, 2.75) is 361 Å². The van der Waals surface area contributed by atoms with Crippen molar-refractivity contribution in [3.05, 3.63) is 85.1 Å². The van der Waals surface area contributed by atoms with Crippen LogP contribution in [0.3, 0.4) is 0 Å². The molecule has 0 aromatic heterocycles. The third-order valence-corrected chi connectivity index (χ3v) is 15.4. The minimum absolute atomic E-state index is 0.0868. The van der Waals surface area contributed by atoms with Crippen molar-refractivity contribution >= 4 is 17.9 Å². The van der Waals surface area contributed by atoms with Crippen molar-refractivity contribution in [1.82, 2.24) is 0 Å². The third kappa shape index (κ3) is 67.3. The summed E-state index contributed by atoms with van der Waals surface area (Å²) in [6, 6.07) is 0. The molecular weight excluding hydrogens is 997 g/mol. The SMILES string of the molecule is CC/C=C\C/C=C\C/C=C\C/C=C\C/C=C\C/C=C\CCCCCCC(=O)OC(COC(=O)CCCCCCC/C=C\CCCCCC)COC(=O)CCCCCCCCCCCCCCCCCCCCCCCCCCCCC. The molecule has 0 fully saturated rings. The molecule has 0 saturated carbocycles. The van der Waals surface area contributed by atoms with Gasteiger partial charge in [-0.25, -0.2) is 0 Å². The Morgan fingerprint density at radius 2 is 0.481 bits per heavy atom. The summed E-state index contributed by atoms with van der Waals surface area (Å²) in [4.78, 5) is 38.4. The number of ether oxygens (including phenoxy) is 3. The number of carbonyl (C=O) groups excluding carboxylic acids is 3. The fourth-order valence-electron chi connectivity index (χ4n) is 10.2. The summed E-state index contributed by atoms with van der Waals surface area (Å²) >= 11 is 0. The van der Waals surface area contributed by atoms with Crippen LogP contribution in [0.5, 0.6) is 0 Å². The first-order chi connectivity index (χ1) is 40.0. The Hall–Kier alpha value is -3.41. The van der Waals surface area contributed by atoms with E-state index in [1.54, 1.807) is 0 Å². The number of rotatable bonds is 64. The van der Waals surface area contributed by atoms with E-state index in [0.29, 0.717) is 19.3 Å². The molecular formula is C75H132O6. The van der Waals surface area contributed by atoms with Crippen LogP contribution in [-0.2, 0) is 28.6 Å². The smallest absolute Gasteiger partial charge is 0.306 e. The Morgan fingerprint density at radius 1 is 0.259 bits per heavy atom. The Labute approximate surface area is 503 Å². The second kappa shape index (κ2) is 69.1. The maximum Gasteiger partial charge on any atom is 0.306 e. The van der Waals surface area contributed by atoms with Crippen molar-refractivity contribution in [2.75, 3.05) is 13.2 Å². The first-order valence-corrected chi connectivity index (χ1v) is 35.1. The van der Waals surface area contributed by atoms with Gasteiger partial charge in [0.05, 0.1) is 0 Å². The van der Waals surface area contributed by atoms with Gasteiger partial charge < -0.3 is 14.2 Å². The average molecular weight is 1130 g/mol. The van der Waals surface area contributed by atoms with E-state index in [2.05, 4.69) is 106 Å². The number of carbonyl (C=O) groups is 3. The monoisotopic (exact) mass is 1130 g/mol. The summed E-state index contributed by atoms with van der Waals surface area (Å²) in [5.74, 6) is -0.904. The number of esters is 3. The van der Waals surface area contributed by atoms with Crippen LogP contribution in [0.1, 0.15) is 355 Å². The quantitative estimate of drug-likeness (QED) is 0.0261. The summed E-state index contributed by atoms with van der Waals surface area (Å²) in [6.07, 6.45) is 91.9. The first-order valence-electron chi connectivity index (χ1n) is 35.1. The normalized spacial score (nSPS) is 12.6. The van der Waals surface area contributed by atoms with Gasteiger partial charge in [-0.05, 0) is 96.3 Å². The van der Waals surface area contributed by atoms with Crippen LogP contribution in [0, 0.1) is 0 Å². The predicted molar refractivity (Wildman–Crippen MR) is 353 cm³/mol. The maximum absolute atomic E-state index is 12.9. The predicted octanol–water partition coefficient (Wildman–Crippen LogP) is 24.2. The number of unbranched alkanes of at least 4 members (excludes halogenated alkanes) is 39. The molecule has 0 bridgehead atoms. The van der Waals surface area contributed by atoms with Crippen molar-refractivity contribution < 1.29 is 28.6 Å². The third-order valence-electron chi connectivity index (χ3n) is 15.4. The summed E-state index contributed by atoms with van der Waals surface area (Å²) in [7, 11) is 0. The van der Waals surface area contributed by atoms with Gasteiger partial charge in [0.2, 0.25) is 0 Å². The molecule has 0 aliphatic rings. The highest BCUT2D eigenvalue weighted by Gasteiger charge is 2.19. The average Bonchev–Trinajstić information content (AvgIpc) is 3.46. The van der Waals surface area contributed by atoms with Crippen molar-refractivity contribution in [1.29, 1.82) is 0 Å². The lowest BCUT2D eigenvalue weighted by molar-refractivity contribution is -0.167. The number of allylic oxidation sites excluding steroid dienone is 14. The van der Waals surface area contributed by atoms with Crippen molar-refractivity contribution in [3.63, 3.8) is 0 Å². The molecule has 468 valence electrons. The zero-order valence-corrected chi connectivity index (χ0v) is 53.8. The largest absolute Gasteiger partial charge is 0.462 e. The number of hydrogen-bond donors (Lipinski definition) is 0. The molecule has 0 saturated heterocycles.